The maximum Gasteiger partial charge on any atom is 0.227 e. The number of amides is 1. The molecule has 1 amide bonds. The Kier molecular flexibility index (Phi) is 4.22. The van der Waals surface area contributed by atoms with Gasteiger partial charge in [0.2, 0.25) is 5.91 Å². The van der Waals surface area contributed by atoms with E-state index >= 15 is 0 Å². The summed E-state index contributed by atoms with van der Waals surface area (Å²) in [7, 11) is 0. The molecule has 0 aliphatic carbocycles. The third-order valence-corrected chi connectivity index (χ3v) is 3.55. The zero-order valence-electron chi connectivity index (χ0n) is 11.6. The third-order valence-electron chi connectivity index (χ3n) is 3.55. The van der Waals surface area contributed by atoms with Gasteiger partial charge in [0.15, 0.2) is 0 Å². The van der Waals surface area contributed by atoms with Crippen LogP contribution in [0.15, 0.2) is 30.3 Å². The number of rotatable bonds is 3. The Morgan fingerprint density at radius 1 is 1.42 bits per heavy atom. The number of hydrogen-bond acceptors (Lipinski definition) is 3. The average Bonchev–Trinajstić information content (AvgIpc) is 2.39. The first-order valence-corrected chi connectivity index (χ1v) is 6.69. The van der Waals surface area contributed by atoms with Crippen LogP contribution in [0, 0.1) is 0 Å². The Morgan fingerprint density at radius 2 is 2.11 bits per heavy atom. The van der Waals surface area contributed by atoms with E-state index in [-0.39, 0.29) is 17.6 Å². The Bertz CT molecular complexity index is 431. The lowest BCUT2D eigenvalue weighted by atomic mass is 9.99. The minimum Gasteiger partial charge on any atom is -0.373 e. The molecule has 1 heterocycles. The molecule has 4 nitrogen and oxygen atoms in total. The van der Waals surface area contributed by atoms with Gasteiger partial charge in [0.1, 0.15) is 0 Å². The summed E-state index contributed by atoms with van der Waals surface area (Å²) in [6.07, 6.45) is 0.384. The molecule has 2 N–H and O–H groups in total. The minimum absolute atomic E-state index is 0.0484. The van der Waals surface area contributed by atoms with E-state index in [1.807, 2.05) is 49.1 Å². The lowest BCUT2D eigenvalue weighted by Crippen LogP contribution is -2.59. The van der Waals surface area contributed by atoms with Crippen molar-refractivity contribution in [1.29, 1.82) is 0 Å². The number of nitrogens with zero attached hydrogens (tertiary/aromatic N) is 1. The molecule has 1 saturated heterocycles. The van der Waals surface area contributed by atoms with Gasteiger partial charge in [0, 0.05) is 13.1 Å². The molecule has 0 radical (unpaired) electrons. The van der Waals surface area contributed by atoms with E-state index in [1.165, 1.54) is 0 Å². The standard InChI is InChI=1S/C15H22N2O2/c1-15(2)11-19-13(9-16)10-17(15)14(18)8-12-6-4-3-5-7-12/h3-7,13H,8-11,16H2,1-2H3. The molecule has 1 aromatic carbocycles. The van der Waals surface area contributed by atoms with Crippen LogP contribution in [0.5, 0.6) is 0 Å². The van der Waals surface area contributed by atoms with Crippen LogP contribution in [-0.4, -0.2) is 42.1 Å². The number of morpholine rings is 1. The fraction of sp³-hybridized carbons (Fsp3) is 0.533. The summed E-state index contributed by atoms with van der Waals surface area (Å²) in [5.41, 5.74) is 6.42. The molecule has 2 rings (SSSR count). The van der Waals surface area contributed by atoms with E-state index in [9.17, 15) is 4.79 Å². The van der Waals surface area contributed by atoms with E-state index in [0.717, 1.165) is 5.56 Å². The smallest absolute Gasteiger partial charge is 0.227 e. The summed E-state index contributed by atoms with van der Waals surface area (Å²) < 4.78 is 5.65. The molecule has 1 unspecified atom stereocenters. The molecule has 1 aromatic rings. The normalized spacial score (nSPS) is 22.3. The van der Waals surface area contributed by atoms with Crippen molar-refractivity contribution in [1.82, 2.24) is 4.90 Å². The molecule has 4 heteroatoms. The van der Waals surface area contributed by atoms with Crippen molar-refractivity contribution >= 4 is 5.91 Å². The predicted molar refractivity (Wildman–Crippen MR) is 74.7 cm³/mol. The van der Waals surface area contributed by atoms with Gasteiger partial charge in [-0.25, -0.2) is 0 Å². The fourth-order valence-electron chi connectivity index (χ4n) is 2.35. The Labute approximate surface area is 114 Å². The number of carbonyl (C=O) groups is 1. The Morgan fingerprint density at radius 3 is 2.74 bits per heavy atom. The quantitative estimate of drug-likeness (QED) is 0.890. The highest BCUT2D eigenvalue weighted by Gasteiger charge is 2.37. The molecule has 1 aliphatic rings. The largest absolute Gasteiger partial charge is 0.373 e. The van der Waals surface area contributed by atoms with Crippen LogP contribution in [0.3, 0.4) is 0 Å². The number of ether oxygens (including phenoxy) is 1. The van der Waals surface area contributed by atoms with Crippen molar-refractivity contribution < 1.29 is 9.53 Å². The fourth-order valence-corrected chi connectivity index (χ4v) is 2.35. The lowest BCUT2D eigenvalue weighted by Gasteiger charge is -2.45. The van der Waals surface area contributed by atoms with Gasteiger partial charge < -0.3 is 15.4 Å². The second-order valence-corrected chi connectivity index (χ2v) is 5.65. The highest BCUT2D eigenvalue weighted by atomic mass is 16.5. The maximum absolute atomic E-state index is 12.5. The summed E-state index contributed by atoms with van der Waals surface area (Å²) in [6, 6.07) is 9.82. The van der Waals surface area contributed by atoms with Crippen molar-refractivity contribution in [2.24, 2.45) is 5.73 Å². The van der Waals surface area contributed by atoms with Gasteiger partial charge >= 0.3 is 0 Å². The monoisotopic (exact) mass is 262 g/mol. The van der Waals surface area contributed by atoms with E-state index in [2.05, 4.69) is 0 Å². The summed E-state index contributed by atoms with van der Waals surface area (Å²) in [4.78, 5) is 14.4. The van der Waals surface area contributed by atoms with Crippen molar-refractivity contribution in [3.05, 3.63) is 35.9 Å². The van der Waals surface area contributed by atoms with Crippen molar-refractivity contribution in [2.45, 2.75) is 31.9 Å². The van der Waals surface area contributed by atoms with E-state index in [0.29, 0.717) is 26.1 Å². The molecule has 0 spiro atoms. The van der Waals surface area contributed by atoms with Gasteiger partial charge in [0.25, 0.3) is 0 Å². The number of benzene rings is 1. The van der Waals surface area contributed by atoms with E-state index < -0.39 is 0 Å². The molecule has 0 bridgehead atoms. The molecule has 0 aromatic heterocycles. The second-order valence-electron chi connectivity index (χ2n) is 5.65. The van der Waals surface area contributed by atoms with Crippen LogP contribution >= 0.6 is 0 Å². The van der Waals surface area contributed by atoms with Crippen molar-refractivity contribution in [3.8, 4) is 0 Å². The van der Waals surface area contributed by atoms with Crippen LogP contribution in [0.2, 0.25) is 0 Å². The van der Waals surface area contributed by atoms with Crippen LogP contribution in [0.4, 0.5) is 0 Å². The summed E-state index contributed by atoms with van der Waals surface area (Å²) in [5, 5.41) is 0. The van der Waals surface area contributed by atoms with Crippen LogP contribution in [0.25, 0.3) is 0 Å². The molecular formula is C15H22N2O2. The predicted octanol–water partition coefficient (Wildman–Crippen LogP) is 1.19. The summed E-state index contributed by atoms with van der Waals surface area (Å²) in [6.45, 7) is 5.63. The van der Waals surface area contributed by atoms with E-state index in [1.54, 1.807) is 0 Å². The van der Waals surface area contributed by atoms with Crippen LogP contribution in [0.1, 0.15) is 19.4 Å². The van der Waals surface area contributed by atoms with E-state index in [4.69, 9.17) is 10.5 Å². The number of hydrogen-bond donors (Lipinski definition) is 1. The summed E-state index contributed by atoms with van der Waals surface area (Å²) >= 11 is 0. The first-order valence-electron chi connectivity index (χ1n) is 6.69. The van der Waals surface area contributed by atoms with Gasteiger partial charge in [-0.2, -0.15) is 0 Å². The van der Waals surface area contributed by atoms with Gasteiger partial charge in [-0.05, 0) is 19.4 Å². The second kappa shape index (κ2) is 5.72. The lowest BCUT2D eigenvalue weighted by molar-refractivity contribution is -0.152. The number of nitrogens with two attached hydrogens (primary N) is 1. The van der Waals surface area contributed by atoms with Crippen LogP contribution in [-0.2, 0) is 16.0 Å². The Hall–Kier alpha value is -1.39. The van der Waals surface area contributed by atoms with Crippen molar-refractivity contribution in [2.75, 3.05) is 19.7 Å². The minimum atomic E-state index is -0.266. The Balaban J connectivity index is 2.07. The first kappa shape index (κ1) is 14.0. The van der Waals surface area contributed by atoms with Crippen molar-refractivity contribution in [3.63, 3.8) is 0 Å². The average molecular weight is 262 g/mol. The first-order chi connectivity index (χ1) is 9.03. The molecule has 104 valence electrons. The third kappa shape index (κ3) is 3.33. The van der Waals surface area contributed by atoms with Gasteiger partial charge in [-0.1, -0.05) is 30.3 Å². The van der Waals surface area contributed by atoms with Gasteiger partial charge in [-0.3, -0.25) is 4.79 Å². The van der Waals surface area contributed by atoms with Gasteiger partial charge in [0.05, 0.1) is 24.7 Å². The topological polar surface area (TPSA) is 55.6 Å². The molecule has 0 saturated carbocycles. The zero-order chi connectivity index (χ0) is 13.9. The molecule has 19 heavy (non-hydrogen) atoms. The van der Waals surface area contributed by atoms with Gasteiger partial charge in [-0.15, -0.1) is 0 Å². The summed E-state index contributed by atoms with van der Waals surface area (Å²) in [5.74, 6) is 0.137. The molecular weight excluding hydrogens is 240 g/mol. The van der Waals surface area contributed by atoms with Crippen LogP contribution < -0.4 is 5.73 Å². The SMILES string of the molecule is CC1(C)COC(CN)CN1C(=O)Cc1ccccc1. The molecule has 1 atom stereocenters. The number of carbonyl (C=O) groups excluding carboxylic acids is 1. The molecule has 1 fully saturated rings. The zero-order valence-corrected chi connectivity index (χ0v) is 11.6. The highest BCUT2D eigenvalue weighted by Crippen LogP contribution is 2.22. The maximum atomic E-state index is 12.5. The highest BCUT2D eigenvalue weighted by molar-refractivity contribution is 5.79. The molecule has 1 aliphatic heterocycles.